The summed E-state index contributed by atoms with van der Waals surface area (Å²) in [7, 11) is 0. The number of rotatable bonds is 15. The molecular formula is C39H61FN4O. The average molecular weight is 621 g/mol. The zero-order valence-electron chi connectivity index (χ0n) is 30.3. The van der Waals surface area contributed by atoms with Gasteiger partial charge in [0.1, 0.15) is 11.5 Å². The Morgan fingerprint density at radius 1 is 1.02 bits per heavy atom. The van der Waals surface area contributed by atoms with Crippen molar-refractivity contribution in [3.63, 3.8) is 0 Å². The highest BCUT2D eigenvalue weighted by atomic mass is 19.1. The minimum atomic E-state index is -0.501. The zero-order chi connectivity index (χ0) is 34.5. The van der Waals surface area contributed by atoms with Crippen LogP contribution in [0.15, 0.2) is 47.6 Å². The maximum atomic E-state index is 14.3. The number of hydrogen-bond donors (Lipinski definition) is 0. The molecule has 2 rings (SSSR count). The first kappa shape index (κ1) is 41.6. The number of halogens is 1. The van der Waals surface area contributed by atoms with Crippen LogP contribution in [0.5, 0.6) is 0 Å². The van der Waals surface area contributed by atoms with Crippen molar-refractivity contribution < 1.29 is 9.18 Å². The Morgan fingerprint density at radius 3 is 2.04 bits per heavy atom. The van der Waals surface area contributed by atoms with Gasteiger partial charge in [0.05, 0.1) is 17.3 Å². The SMILES string of the molecule is C=C(C)N=C/C(=C\C)CC.C=Cc1c(/C=C(\C)c2cc(F)c(C(C)=O)cc2C)nnn1C(CCC)CCC.CCCC(C)CC. The summed E-state index contributed by atoms with van der Waals surface area (Å²) in [6.07, 6.45) is 17.0. The molecule has 0 radical (unpaired) electrons. The number of nitrogens with zero attached hydrogens (tertiary/aromatic N) is 4. The lowest BCUT2D eigenvalue weighted by atomic mass is 9.96. The number of aromatic nitrogens is 3. The number of Topliss-reactive ketones (excluding diaryl/α,β-unsaturated/α-hetero) is 1. The fraction of sp³-hybridized carbons (Fsp3) is 0.538. The predicted octanol–water partition coefficient (Wildman–Crippen LogP) is 12.1. The summed E-state index contributed by atoms with van der Waals surface area (Å²) in [6.45, 7) is 29.9. The largest absolute Gasteiger partial charge is 0.294 e. The molecule has 0 fully saturated rings. The first-order chi connectivity index (χ1) is 21.3. The Morgan fingerprint density at radius 2 is 1.62 bits per heavy atom. The molecule has 0 N–H and O–H groups in total. The molecule has 1 aromatic heterocycles. The van der Waals surface area contributed by atoms with Gasteiger partial charge in [-0.05, 0) is 106 Å². The van der Waals surface area contributed by atoms with Crippen LogP contribution in [0.1, 0.15) is 160 Å². The highest BCUT2D eigenvalue weighted by molar-refractivity contribution is 5.95. The molecule has 0 aliphatic rings. The molecule has 1 atom stereocenters. The van der Waals surface area contributed by atoms with Gasteiger partial charge in [-0.1, -0.05) is 98.1 Å². The van der Waals surface area contributed by atoms with Crippen LogP contribution in [0.3, 0.4) is 0 Å². The van der Waals surface area contributed by atoms with Crippen molar-refractivity contribution in [1.29, 1.82) is 0 Å². The molecule has 0 aliphatic heterocycles. The Kier molecular flexibility index (Phi) is 21.3. The Hall–Kier alpha value is -3.41. The molecule has 1 heterocycles. The van der Waals surface area contributed by atoms with Gasteiger partial charge in [0, 0.05) is 11.9 Å². The second-order valence-corrected chi connectivity index (χ2v) is 11.8. The zero-order valence-corrected chi connectivity index (χ0v) is 30.3. The number of hydrogen-bond acceptors (Lipinski definition) is 4. The third-order valence-electron chi connectivity index (χ3n) is 7.72. The quantitative estimate of drug-likeness (QED) is 0.147. The van der Waals surface area contributed by atoms with Crippen molar-refractivity contribution in [3.8, 4) is 0 Å². The molecule has 0 amide bonds. The van der Waals surface area contributed by atoms with Gasteiger partial charge in [-0.25, -0.2) is 9.07 Å². The van der Waals surface area contributed by atoms with E-state index in [9.17, 15) is 9.18 Å². The number of carbonyl (C=O) groups excluding carboxylic acids is 1. The van der Waals surface area contributed by atoms with Crippen LogP contribution in [0, 0.1) is 18.7 Å². The molecule has 5 nitrogen and oxygen atoms in total. The molecule has 1 aromatic carbocycles. The Bertz CT molecular complexity index is 1290. The van der Waals surface area contributed by atoms with Crippen LogP contribution in [0.25, 0.3) is 17.7 Å². The lowest BCUT2D eigenvalue weighted by Crippen LogP contribution is -2.12. The van der Waals surface area contributed by atoms with Crippen LogP contribution in [0.2, 0.25) is 0 Å². The van der Waals surface area contributed by atoms with Crippen LogP contribution < -0.4 is 0 Å². The fourth-order valence-electron chi connectivity index (χ4n) is 4.86. The average Bonchev–Trinajstić information content (AvgIpc) is 3.41. The molecular weight excluding hydrogens is 559 g/mol. The third kappa shape index (κ3) is 14.9. The first-order valence-corrected chi connectivity index (χ1v) is 16.8. The van der Waals surface area contributed by atoms with E-state index >= 15 is 0 Å². The molecule has 6 heteroatoms. The summed E-state index contributed by atoms with van der Waals surface area (Å²) in [6, 6.07) is 3.33. The van der Waals surface area contributed by atoms with Gasteiger partial charge >= 0.3 is 0 Å². The highest BCUT2D eigenvalue weighted by Crippen LogP contribution is 2.27. The van der Waals surface area contributed by atoms with Crippen LogP contribution in [0.4, 0.5) is 4.39 Å². The van der Waals surface area contributed by atoms with E-state index in [-0.39, 0.29) is 11.3 Å². The maximum Gasteiger partial charge on any atom is 0.162 e. The van der Waals surface area contributed by atoms with Gasteiger partial charge in [-0.15, -0.1) is 5.10 Å². The lowest BCUT2D eigenvalue weighted by molar-refractivity contribution is 0.101. The fourth-order valence-corrected chi connectivity index (χ4v) is 4.86. The number of benzene rings is 1. The smallest absolute Gasteiger partial charge is 0.162 e. The second kappa shape index (κ2) is 23.0. The van der Waals surface area contributed by atoms with E-state index in [0.717, 1.165) is 71.8 Å². The monoisotopic (exact) mass is 620 g/mol. The van der Waals surface area contributed by atoms with Crippen LogP contribution in [-0.2, 0) is 0 Å². The number of aryl methyl sites for hydroxylation is 1. The summed E-state index contributed by atoms with van der Waals surface area (Å²) >= 11 is 0. The van der Waals surface area contributed by atoms with Gasteiger partial charge in [0.2, 0.25) is 0 Å². The molecule has 0 spiro atoms. The van der Waals surface area contributed by atoms with E-state index in [0.29, 0.717) is 6.04 Å². The molecule has 0 saturated heterocycles. The molecule has 1 unspecified atom stereocenters. The van der Waals surface area contributed by atoms with Crippen LogP contribution >= 0.6 is 0 Å². The van der Waals surface area contributed by atoms with E-state index in [1.807, 2.05) is 44.7 Å². The van der Waals surface area contributed by atoms with Crippen molar-refractivity contribution in [2.75, 3.05) is 0 Å². The van der Waals surface area contributed by atoms with Crippen LogP contribution in [-0.4, -0.2) is 27.0 Å². The van der Waals surface area contributed by atoms with E-state index in [2.05, 4.69) is 76.1 Å². The summed E-state index contributed by atoms with van der Waals surface area (Å²) in [5.41, 5.74) is 6.30. The Labute approximate surface area is 274 Å². The Balaban J connectivity index is 0.000000933. The minimum Gasteiger partial charge on any atom is -0.294 e. The summed E-state index contributed by atoms with van der Waals surface area (Å²) in [5, 5.41) is 8.73. The van der Waals surface area contributed by atoms with Crippen molar-refractivity contribution in [2.24, 2.45) is 10.9 Å². The topological polar surface area (TPSA) is 60.1 Å². The molecule has 45 heavy (non-hydrogen) atoms. The van der Waals surface area contributed by atoms with Crippen molar-refractivity contribution >= 4 is 29.7 Å². The highest BCUT2D eigenvalue weighted by Gasteiger charge is 2.18. The van der Waals surface area contributed by atoms with Crippen molar-refractivity contribution in [2.45, 2.75) is 134 Å². The van der Waals surface area contributed by atoms with E-state index in [1.165, 1.54) is 37.8 Å². The third-order valence-corrected chi connectivity index (χ3v) is 7.72. The number of carbonyl (C=O) groups is 1. The van der Waals surface area contributed by atoms with E-state index in [4.69, 9.17) is 0 Å². The van der Waals surface area contributed by atoms with Gasteiger partial charge in [0.25, 0.3) is 0 Å². The second-order valence-electron chi connectivity index (χ2n) is 11.8. The van der Waals surface area contributed by atoms with Crippen molar-refractivity contribution in [1.82, 2.24) is 15.0 Å². The van der Waals surface area contributed by atoms with Gasteiger partial charge in [-0.3, -0.25) is 9.79 Å². The minimum absolute atomic E-state index is 0.119. The lowest BCUT2D eigenvalue weighted by Gasteiger charge is -2.17. The van der Waals surface area contributed by atoms with Crippen molar-refractivity contribution in [3.05, 3.63) is 76.5 Å². The number of ketones is 1. The normalized spacial score (nSPS) is 12.4. The standard InChI is InChI=1S/C23H30FN3O.C9H15N.C7H16/c1-7-10-18(11-8-2)27-23(9-3)22(25-26-27)13-16(5)19-14-21(24)20(17(6)28)12-15(19)4;1-5-9(6-2)7-10-8(3)4;1-4-6-7(3)5-2/h9,12-14,18H,3,7-8,10-11H2,1-2,4-6H3;5,7H,3,6H2,1-2,4H3;7H,4-6H2,1-3H3/b16-13+;9-5-,10-7?;. The molecule has 0 aliphatic carbocycles. The molecule has 250 valence electrons. The van der Waals surface area contributed by atoms with E-state index in [1.54, 1.807) is 12.1 Å². The summed E-state index contributed by atoms with van der Waals surface area (Å²) < 4.78 is 16.3. The van der Waals surface area contributed by atoms with Gasteiger partial charge in [0.15, 0.2) is 5.78 Å². The van der Waals surface area contributed by atoms with E-state index < -0.39 is 5.82 Å². The first-order valence-electron chi connectivity index (χ1n) is 16.8. The maximum absolute atomic E-state index is 14.3. The summed E-state index contributed by atoms with van der Waals surface area (Å²) in [5.74, 6) is 0.174. The van der Waals surface area contributed by atoms with Gasteiger partial charge < -0.3 is 0 Å². The molecule has 2 aromatic rings. The molecule has 0 bridgehead atoms. The molecule has 0 saturated carbocycles. The van der Waals surface area contributed by atoms with Gasteiger partial charge in [-0.2, -0.15) is 0 Å². The summed E-state index contributed by atoms with van der Waals surface area (Å²) in [4.78, 5) is 15.6. The number of allylic oxidation sites excluding steroid dienone is 4. The number of aliphatic imine (C=N–C) groups is 1. The predicted molar refractivity (Wildman–Crippen MR) is 195 cm³/mol.